The van der Waals surface area contributed by atoms with Crippen LogP contribution in [0.5, 0.6) is 0 Å². The minimum atomic E-state index is -2.71. The van der Waals surface area contributed by atoms with Crippen LogP contribution < -0.4 is 0 Å². The van der Waals surface area contributed by atoms with Crippen molar-refractivity contribution < 1.29 is 8.22 Å². The average molecular weight is 242 g/mol. The summed E-state index contributed by atoms with van der Waals surface area (Å²) in [4.78, 5) is 0. The first-order valence-corrected chi connectivity index (χ1v) is 6.15. The monoisotopic (exact) mass is 242 g/mol. The zero-order valence-corrected chi connectivity index (χ0v) is 10.6. The Labute approximate surface area is 118 Å². The van der Waals surface area contributed by atoms with E-state index in [1.54, 1.807) is 24.3 Å². The second-order valence-corrected chi connectivity index (χ2v) is 5.47. The molecule has 2 aromatic rings. The van der Waals surface area contributed by atoms with E-state index >= 15 is 0 Å². The molecule has 0 heteroatoms. The molecule has 1 aliphatic rings. The van der Waals surface area contributed by atoms with E-state index in [2.05, 4.69) is 0 Å². The van der Waals surface area contributed by atoms with Gasteiger partial charge >= 0.3 is 0 Å². The second kappa shape index (κ2) is 3.47. The van der Waals surface area contributed by atoms with Crippen molar-refractivity contribution >= 4 is 0 Å². The standard InChI is InChI=1S/C18H20/c1-17(2)13-9-5-7-11-15(13)18(3,4)16-12-8-6-10-14(16)17/h5-12H,1-4H3/i1D3,2D3. The molecule has 0 saturated heterocycles. The maximum atomic E-state index is 8.19. The summed E-state index contributed by atoms with van der Waals surface area (Å²) < 4.78 is 49.2. The highest BCUT2D eigenvalue weighted by molar-refractivity contribution is 5.58. The molecule has 0 bridgehead atoms. The largest absolute Gasteiger partial charge is 0.0619 e. The summed E-state index contributed by atoms with van der Waals surface area (Å²) in [5.74, 6) is 0. The Kier molecular flexibility index (Phi) is 1.27. The summed E-state index contributed by atoms with van der Waals surface area (Å²) >= 11 is 0. The molecule has 0 nitrogen and oxygen atoms in total. The van der Waals surface area contributed by atoms with Crippen LogP contribution in [-0.2, 0) is 10.8 Å². The fraction of sp³-hybridized carbons (Fsp3) is 0.333. The van der Waals surface area contributed by atoms with Gasteiger partial charge in [-0.1, -0.05) is 76.1 Å². The Morgan fingerprint density at radius 1 is 0.667 bits per heavy atom. The molecule has 1 aliphatic carbocycles. The van der Waals surface area contributed by atoms with Crippen molar-refractivity contribution in [2.45, 2.75) is 38.4 Å². The molecule has 18 heavy (non-hydrogen) atoms. The Morgan fingerprint density at radius 2 is 1.00 bits per heavy atom. The first-order valence-electron chi connectivity index (χ1n) is 9.15. The van der Waals surface area contributed by atoms with Crippen LogP contribution in [0, 0.1) is 0 Å². The van der Waals surface area contributed by atoms with Crippen molar-refractivity contribution in [2.75, 3.05) is 0 Å². The van der Waals surface area contributed by atoms with Gasteiger partial charge < -0.3 is 0 Å². The highest BCUT2D eigenvalue weighted by Crippen LogP contribution is 2.49. The predicted molar refractivity (Wildman–Crippen MR) is 77.1 cm³/mol. The minimum Gasteiger partial charge on any atom is -0.0619 e. The quantitative estimate of drug-likeness (QED) is 0.630. The molecular formula is C18H20. The van der Waals surface area contributed by atoms with Gasteiger partial charge in [0.25, 0.3) is 0 Å². The van der Waals surface area contributed by atoms with Gasteiger partial charge in [0.2, 0.25) is 0 Å². The van der Waals surface area contributed by atoms with Crippen molar-refractivity contribution in [3.8, 4) is 0 Å². The van der Waals surface area contributed by atoms with E-state index in [9.17, 15) is 0 Å². The minimum absolute atomic E-state index is 0.383. The molecule has 3 rings (SSSR count). The lowest BCUT2D eigenvalue weighted by molar-refractivity contribution is 0.520. The molecule has 0 spiro atoms. The Morgan fingerprint density at radius 3 is 1.33 bits per heavy atom. The number of benzene rings is 2. The molecule has 0 fully saturated rings. The van der Waals surface area contributed by atoms with Crippen molar-refractivity contribution in [3.63, 3.8) is 0 Å². The zero-order chi connectivity index (χ0) is 18.0. The number of fused-ring (bicyclic) bond motifs is 2. The second-order valence-electron chi connectivity index (χ2n) is 5.47. The van der Waals surface area contributed by atoms with E-state index in [1.165, 1.54) is 0 Å². The van der Waals surface area contributed by atoms with Crippen LogP contribution in [0.2, 0.25) is 0 Å². The lowest BCUT2D eigenvalue weighted by Gasteiger charge is -2.43. The summed E-state index contributed by atoms with van der Waals surface area (Å²) in [6, 6.07) is 14.1. The van der Waals surface area contributed by atoms with Crippen molar-refractivity contribution in [1.82, 2.24) is 0 Å². The van der Waals surface area contributed by atoms with E-state index in [0.29, 0.717) is 11.1 Å². The van der Waals surface area contributed by atoms with Crippen molar-refractivity contribution in [1.29, 1.82) is 0 Å². The lowest BCUT2D eigenvalue weighted by Crippen LogP contribution is -2.36. The van der Waals surface area contributed by atoms with Crippen LogP contribution in [0.3, 0.4) is 0 Å². The van der Waals surface area contributed by atoms with Crippen molar-refractivity contribution in [3.05, 3.63) is 70.8 Å². The Balaban J connectivity index is 2.57. The van der Waals surface area contributed by atoms with Crippen LogP contribution in [0.4, 0.5) is 0 Å². The highest BCUT2D eigenvalue weighted by Gasteiger charge is 2.40. The molecule has 0 heterocycles. The van der Waals surface area contributed by atoms with Crippen molar-refractivity contribution in [2.24, 2.45) is 0 Å². The Hall–Kier alpha value is -1.56. The molecule has 0 unspecified atom stereocenters. The normalized spacial score (nSPS) is 25.2. The zero-order valence-electron chi connectivity index (χ0n) is 16.6. The van der Waals surface area contributed by atoms with Gasteiger partial charge in [-0.15, -0.1) is 0 Å². The smallest absolute Gasteiger partial charge is 0.0243 e. The van der Waals surface area contributed by atoms with Gasteiger partial charge in [-0.25, -0.2) is 0 Å². The van der Waals surface area contributed by atoms with E-state index in [4.69, 9.17) is 8.22 Å². The molecule has 0 radical (unpaired) electrons. The van der Waals surface area contributed by atoms with E-state index < -0.39 is 24.5 Å². The fourth-order valence-electron chi connectivity index (χ4n) is 3.00. The van der Waals surface area contributed by atoms with E-state index in [1.807, 2.05) is 38.1 Å². The summed E-state index contributed by atoms with van der Waals surface area (Å²) in [6.07, 6.45) is 0. The molecule has 0 atom stereocenters. The first kappa shape index (κ1) is 6.56. The third-order valence-corrected chi connectivity index (χ3v) is 4.01. The van der Waals surface area contributed by atoms with Crippen LogP contribution in [0.15, 0.2) is 48.5 Å². The van der Waals surface area contributed by atoms with Crippen LogP contribution in [-0.4, -0.2) is 0 Å². The number of rotatable bonds is 0. The third-order valence-electron chi connectivity index (χ3n) is 4.01. The van der Waals surface area contributed by atoms with Gasteiger partial charge in [0.1, 0.15) is 0 Å². The molecule has 0 aromatic heterocycles. The van der Waals surface area contributed by atoms with Crippen LogP contribution >= 0.6 is 0 Å². The molecular weight excluding hydrogens is 216 g/mol. The van der Waals surface area contributed by atoms with Gasteiger partial charge in [0, 0.05) is 19.1 Å². The topological polar surface area (TPSA) is 0 Å². The summed E-state index contributed by atoms with van der Waals surface area (Å²) in [6.45, 7) is -1.40. The molecule has 0 saturated carbocycles. The molecule has 0 aliphatic heterocycles. The average Bonchev–Trinajstić information content (AvgIpc) is 2.45. The predicted octanol–water partition coefficient (Wildman–Crippen LogP) is 4.65. The molecule has 0 N–H and O–H groups in total. The lowest BCUT2D eigenvalue weighted by atomic mass is 9.60. The maximum Gasteiger partial charge on any atom is 0.0243 e. The van der Waals surface area contributed by atoms with Gasteiger partial charge in [-0.2, -0.15) is 0 Å². The SMILES string of the molecule is [2H]C([2H])([2H])C1(C([2H])([2H])[2H])c2ccccc2C(C)(C)c2ccccc21. The maximum absolute atomic E-state index is 8.19. The molecule has 92 valence electrons. The van der Waals surface area contributed by atoms with Gasteiger partial charge in [0.05, 0.1) is 0 Å². The number of hydrogen-bond donors (Lipinski definition) is 0. The summed E-state index contributed by atoms with van der Waals surface area (Å²) in [5.41, 5.74) is -0.204. The Bertz CT molecular complexity index is 717. The summed E-state index contributed by atoms with van der Waals surface area (Å²) in [7, 11) is 0. The highest BCUT2D eigenvalue weighted by atomic mass is 14.4. The van der Waals surface area contributed by atoms with Crippen LogP contribution in [0.1, 0.15) is 58.0 Å². The summed E-state index contributed by atoms with van der Waals surface area (Å²) in [5, 5.41) is 0. The molecule has 2 aromatic carbocycles. The van der Waals surface area contributed by atoms with E-state index in [0.717, 1.165) is 11.1 Å². The first-order chi connectivity index (χ1) is 11.0. The molecule has 0 amide bonds. The van der Waals surface area contributed by atoms with E-state index in [-0.39, 0.29) is 0 Å². The van der Waals surface area contributed by atoms with Gasteiger partial charge in [0.15, 0.2) is 0 Å². The van der Waals surface area contributed by atoms with Gasteiger partial charge in [-0.3, -0.25) is 0 Å². The third kappa shape index (κ3) is 1.32. The number of hydrogen-bond acceptors (Lipinski definition) is 0. The van der Waals surface area contributed by atoms with Crippen LogP contribution in [0.25, 0.3) is 0 Å². The fourth-order valence-corrected chi connectivity index (χ4v) is 3.00. The van der Waals surface area contributed by atoms with Gasteiger partial charge in [-0.05, 0) is 22.3 Å².